The molecule has 0 saturated heterocycles. The Kier molecular flexibility index (Phi) is 3.90. The lowest BCUT2D eigenvalue weighted by Crippen LogP contribution is -2.20. The van der Waals surface area contributed by atoms with E-state index in [1.165, 1.54) is 0 Å². The Hall–Kier alpha value is -2.11. The van der Waals surface area contributed by atoms with Crippen LogP contribution in [-0.4, -0.2) is 14.8 Å². The van der Waals surface area contributed by atoms with Crippen LogP contribution in [0.15, 0.2) is 59.1 Å². The summed E-state index contributed by atoms with van der Waals surface area (Å²) in [5.74, 6) is 1.44. The van der Waals surface area contributed by atoms with Crippen molar-refractivity contribution in [3.05, 3.63) is 81.1 Å². The van der Waals surface area contributed by atoms with Gasteiger partial charge in [-0.3, -0.25) is 0 Å². The molecule has 0 amide bonds. The summed E-state index contributed by atoms with van der Waals surface area (Å²) in [5.41, 5.74) is 3.08. The van der Waals surface area contributed by atoms with Crippen LogP contribution in [0.25, 0.3) is 5.70 Å². The standard InChI is InChI=1S/C18H14BrClN4/c1-11-21-18-22-16(12-6-8-13(19)9-7-12)10-17(24(18)23-11)14-4-2-3-5-15(14)20/h2-10,17H,1H3,(H,21,22,23)/t17-/m1/s1. The zero-order chi connectivity index (χ0) is 16.7. The van der Waals surface area contributed by atoms with E-state index in [2.05, 4.69) is 49.5 Å². The first kappa shape index (κ1) is 15.4. The van der Waals surface area contributed by atoms with Gasteiger partial charge in [-0.1, -0.05) is 57.9 Å². The van der Waals surface area contributed by atoms with Crippen LogP contribution in [-0.2, 0) is 0 Å². The van der Waals surface area contributed by atoms with Gasteiger partial charge in [0, 0.05) is 15.2 Å². The molecule has 0 bridgehead atoms. The quantitative estimate of drug-likeness (QED) is 0.653. The molecule has 6 heteroatoms. The van der Waals surface area contributed by atoms with E-state index in [9.17, 15) is 0 Å². The lowest BCUT2D eigenvalue weighted by molar-refractivity contribution is 0.607. The molecule has 1 aliphatic heterocycles. The number of hydrogen-bond donors (Lipinski definition) is 1. The van der Waals surface area contributed by atoms with E-state index in [4.69, 9.17) is 11.6 Å². The molecule has 0 aliphatic carbocycles. The Morgan fingerprint density at radius 1 is 1.12 bits per heavy atom. The van der Waals surface area contributed by atoms with Crippen LogP contribution in [0.2, 0.25) is 5.02 Å². The van der Waals surface area contributed by atoms with Crippen molar-refractivity contribution < 1.29 is 0 Å². The highest BCUT2D eigenvalue weighted by atomic mass is 79.9. The minimum absolute atomic E-state index is 0.102. The van der Waals surface area contributed by atoms with Crippen molar-refractivity contribution in [1.29, 1.82) is 0 Å². The van der Waals surface area contributed by atoms with Crippen LogP contribution in [0.3, 0.4) is 0 Å². The molecule has 0 fully saturated rings. The van der Waals surface area contributed by atoms with E-state index < -0.39 is 0 Å². The predicted molar refractivity (Wildman–Crippen MR) is 100 cm³/mol. The molecule has 2 aromatic carbocycles. The zero-order valence-corrected chi connectivity index (χ0v) is 15.2. The molecule has 1 aromatic heterocycles. The molecule has 24 heavy (non-hydrogen) atoms. The summed E-state index contributed by atoms with van der Waals surface area (Å²) in [4.78, 5) is 4.50. The Morgan fingerprint density at radius 3 is 2.62 bits per heavy atom. The fourth-order valence-electron chi connectivity index (χ4n) is 2.83. The Labute approximate surface area is 153 Å². The second-order valence-corrected chi connectivity index (χ2v) is 6.93. The van der Waals surface area contributed by atoms with Crippen LogP contribution >= 0.6 is 27.5 Å². The second-order valence-electron chi connectivity index (χ2n) is 5.61. The molecule has 0 unspecified atom stereocenters. The number of aryl methyl sites for hydroxylation is 1. The predicted octanol–water partition coefficient (Wildman–Crippen LogP) is 5.06. The second kappa shape index (κ2) is 6.07. The van der Waals surface area contributed by atoms with Crippen molar-refractivity contribution >= 4 is 39.2 Å². The molecule has 1 N–H and O–H groups in total. The maximum atomic E-state index is 6.43. The topological polar surface area (TPSA) is 42.7 Å². The van der Waals surface area contributed by atoms with Gasteiger partial charge in [-0.15, -0.1) is 0 Å². The monoisotopic (exact) mass is 400 g/mol. The summed E-state index contributed by atoms with van der Waals surface area (Å²) in [6, 6.07) is 15.9. The Balaban J connectivity index is 1.85. The molecule has 120 valence electrons. The fraction of sp³-hybridized carbons (Fsp3) is 0.111. The molecule has 0 spiro atoms. The largest absolute Gasteiger partial charge is 0.324 e. The third-order valence-electron chi connectivity index (χ3n) is 3.95. The van der Waals surface area contributed by atoms with Gasteiger partial charge in [0.25, 0.3) is 0 Å². The SMILES string of the molecule is Cc1nc2n(n1)[C@@H](c1ccccc1Cl)C=C(c1ccc(Br)cc1)N2. The van der Waals surface area contributed by atoms with Crippen LogP contribution in [0.4, 0.5) is 5.95 Å². The van der Waals surface area contributed by atoms with Crippen molar-refractivity contribution in [3.8, 4) is 0 Å². The highest BCUT2D eigenvalue weighted by molar-refractivity contribution is 9.10. The molecular formula is C18H14BrClN4. The molecule has 2 heterocycles. The summed E-state index contributed by atoms with van der Waals surface area (Å²) in [7, 11) is 0. The normalized spacial score (nSPS) is 16.3. The average molecular weight is 402 g/mol. The third kappa shape index (κ3) is 2.74. The van der Waals surface area contributed by atoms with Crippen LogP contribution < -0.4 is 5.32 Å². The van der Waals surface area contributed by atoms with Gasteiger partial charge in [-0.2, -0.15) is 10.1 Å². The number of nitrogens with zero attached hydrogens (tertiary/aromatic N) is 3. The highest BCUT2D eigenvalue weighted by Gasteiger charge is 2.25. The Morgan fingerprint density at radius 2 is 1.88 bits per heavy atom. The number of aromatic nitrogens is 3. The summed E-state index contributed by atoms with van der Waals surface area (Å²) in [6.07, 6.45) is 2.13. The lowest BCUT2D eigenvalue weighted by atomic mass is 10.0. The number of anilines is 1. The highest BCUT2D eigenvalue weighted by Crippen LogP contribution is 2.35. The molecule has 4 nitrogen and oxygen atoms in total. The van der Waals surface area contributed by atoms with Gasteiger partial charge < -0.3 is 5.32 Å². The molecular weight excluding hydrogens is 388 g/mol. The van der Waals surface area contributed by atoms with Crippen LogP contribution in [0.5, 0.6) is 0 Å². The van der Waals surface area contributed by atoms with Gasteiger partial charge >= 0.3 is 0 Å². The van der Waals surface area contributed by atoms with Gasteiger partial charge in [0.2, 0.25) is 5.95 Å². The summed E-state index contributed by atoms with van der Waals surface area (Å²) in [5, 5.41) is 8.61. The summed E-state index contributed by atoms with van der Waals surface area (Å²) < 4.78 is 2.92. The minimum Gasteiger partial charge on any atom is -0.324 e. The van der Waals surface area contributed by atoms with Gasteiger partial charge in [0.05, 0.1) is 0 Å². The summed E-state index contributed by atoms with van der Waals surface area (Å²) >= 11 is 9.90. The van der Waals surface area contributed by atoms with E-state index in [1.54, 1.807) is 0 Å². The molecule has 3 aromatic rings. The summed E-state index contributed by atoms with van der Waals surface area (Å²) in [6.45, 7) is 1.88. The van der Waals surface area contributed by atoms with E-state index >= 15 is 0 Å². The van der Waals surface area contributed by atoms with Gasteiger partial charge in [0.15, 0.2) is 0 Å². The van der Waals surface area contributed by atoms with Crippen LogP contribution in [0, 0.1) is 6.92 Å². The molecule has 0 radical (unpaired) electrons. The van der Waals surface area contributed by atoms with Gasteiger partial charge in [0.1, 0.15) is 11.9 Å². The number of halogens is 2. The molecule has 4 rings (SSSR count). The smallest absolute Gasteiger partial charge is 0.226 e. The first-order valence-corrected chi connectivity index (χ1v) is 8.71. The fourth-order valence-corrected chi connectivity index (χ4v) is 3.35. The van der Waals surface area contributed by atoms with E-state index in [-0.39, 0.29) is 6.04 Å². The van der Waals surface area contributed by atoms with E-state index in [0.717, 1.165) is 38.1 Å². The Bertz CT molecular complexity index is 930. The van der Waals surface area contributed by atoms with Gasteiger partial charge in [-0.05, 0) is 42.3 Å². The van der Waals surface area contributed by atoms with E-state index in [0.29, 0.717) is 0 Å². The van der Waals surface area contributed by atoms with Gasteiger partial charge in [-0.25, -0.2) is 4.68 Å². The number of rotatable bonds is 2. The number of benzene rings is 2. The number of fused-ring (bicyclic) bond motifs is 1. The molecule has 1 aliphatic rings. The van der Waals surface area contributed by atoms with E-state index in [1.807, 2.05) is 48.0 Å². The molecule has 0 saturated carbocycles. The van der Waals surface area contributed by atoms with Crippen molar-refractivity contribution in [2.24, 2.45) is 0 Å². The van der Waals surface area contributed by atoms with Crippen molar-refractivity contribution in [3.63, 3.8) is 0 Å². The average Bonchev–Trinajstić information content (AvgIpc) is 2.95. The third-order valence-corrected chi connectivity index (χ3v) is 4.82. The zero-order valence-electron chi connectivity index (χ0n) is 12.9. The van der Waals surface area contributed by atoms with Crippen LogP contribution in [0.1, 0.15) is 23.0 Å². The molecule has 1 atom stereocenters. The van der Waals surface area contributed by atoms with Crippen molar-refractivity contribution in [1.82, 2.24) is 14.8 Å². The maximum Gasteiger partial charge on any atom is 0.226 e. The first-order valence-electron chi connectivity index (χ1n) is 7.54. The number of nitrogens with one attached hydrogen (secondary N) is 1. The minimum atomic E-state index is -0.102. The number of hydrogen-bond acceptors (Lipinski definition) is 3. The van der Waals surface area contributed by atoms with Crippen molar-refractivity contribution in [2.45, 2.75) is 13.0 Å². The number of allylic oxidation sites excluding steroid dienone is 1. The first-order chi connectivity index (χ1) is 11.6. The van der Waals surface area contributed by atoms with Crippen molar-refractivity contribution in [2.75, 3.05) is 5.32 Å². The maximum absolute atomic E-state index is 6.43. The lowest BCUT2D eigenvalue weighted by Gasteiger charge is -2.25.